The van der Waals surface area contributed by atoms with E-state index in [9.17, 15) is 8.78 Å². The number of nitrogens with one attached hydrogen (secondary N) is 1. The molecule has 1 fully saturated rings. The first-order valence-corrected chi connectivity index (χ1v) is 8.08. The van der Waals surface area contributed by atoms with Crippen molar-refractivity contribution in [2.75, 3.05) is 26.2 Å². The van der Waals surface area contributed by atoms with Gasteiger partial charge in [0, 0.05) is 38.1 Å². The fourth-order valence-corrected chi connectivity index (χ4v) is 3.23. The Morgan fingerprint density at radius 1 is 1.00 bits per heavy atom. The molecule has 0 bridgehead atoms. The number of rotatable bonds is 4. The van der Waals surface area contributed by atoms with E-state index >= 15 is 0 Å². The molecule has 5 heteroatoms. The molecule has 130 valence electrons. The maximum Gasteiger partial charge on any atom is 0.123 e. The summed E-state index contributed by atoms with van der Waals surface area (Å²) in [5.41, 5.74) is 2.12. The highest BCUT2D eigenvalue weighted by Gasteiger charge is 2.22. The molecule has 2 aromatic carbocycles. The molecule has 0 aromatic heterocycles. The summed E-state index contributed by atoms with van der Waals surface area (Å²) in [7, 11) is 0. The molecule has 1 atom stereocenters. The molecule has 2 nitrogen and oxygen atoms in total. The highest BCUT2D eigenvalue weighted by Crippen LogP contribution is 2.26. The second kappa shape index (κ2) is 8.56. The molecule has 1 heterocycles. The lowest BCUT2D eigenvalue weighted by atomic mass is 9.90. The van der Waals surface area contributed by atoms with Gasteiger partial charge in [-0.1, -0.05) is 24.3 Å². The minimum Gasteiger partial charge on any atom is -0.312 e. The van der Waals surface area contributed by atoms with E-state index in [0.29, 0.717) is 6.04 Å². The largest absolute Gasteiger partial charge is 0.312 e. The number of halogens is 3. The quantitative estimate of drug-likeness (QED) is 0.900. The predicted molar refractivity (Wildman–Crippen MR) is 95.8 cm³/mol. The SMILES string of the molecule is CC1CN(CC(c2ccc(F)cc2)c2ccc(F)cc2)CCN1.Cl. The zero-order chi connectivity index (χ0) is 16.2. The van der Waals surface area contributed by atoms with Gasteiger partial charge in [-0.2, -0.15) is 0 Å². The first kappa shape index (κ1) is 18.8. The number of nitrogens with zero attached hydrogens (tertiary/aromatic N) is 1. The molecule has 0 saturated carbocycles. The third-order valence-electron chi connectivity index (χ3n) is 4.44. The minimum atomic E-state index is -0.234. The lowest BCUT2D eigenvalue weighted by molar-refractivity contribution is 0.202. The van der Waals surface area contributed by atoms with Crippen LogP contribution in [-0.2, 0) is 0 Å². The van der Waals surface area contributed by atoms with Gasteiger partial charge in [0.2, 0.25) is 0 Å². The molecule has 1 N–H and O–H groups in total. The third kappa shape index (κ3) is 4.76. The summed E-state index contributed by atoms with van der Waals surface area (Å²) < 4.78 is 26.5. The molecule has 1 saturated heterocycles. The fraction of sp³-hybridized carbons (Fsp3) is 0.368. The molecule has 3 rings (SSSR count). The first-order valence-electron chi connectivity index (χ1n) is 8.08. The summed E-state index contributed by atoms with van der Waals surface area (Å²) in [6.45, 7) is 5.98. The van der Waals surface area contributed by atoms with Crippen LogP contribution in [0.25, 0.3) is 0 Å². The molecule has 2 aromatic rings. The fourth-order valence-electron chi connectivity index (χ4n) is 3.23. The van der Waals surface area contributed by atoms with E-state index < -0.39 is 0 Å². The van der Waals surface area contributed by atoms with Crippen LogP contribution in [0.2, 0.25) is 0 Å². The molecular weight excluding hydrogens is 330 g/mol. The van der Waals surface area contributed by atoms with Gasteiger partial charge in [-0.25, -0.2) is 8.78 Å². The first-order chi connectivity index (χ1) is 11.1. The van der Waals surface area contributed by atoms with Gasteiger partial charge in [-0.05, 0) is 42.3 Å². The number of hydrogen-bond donors (Lipinski definition) is 1. The number of piperazine rings is 1. The van der Waals surface area contributed by atoms with Gasteiger partial charge in [0.15, 0.2) is 0 Å². The smallest absolute Gasteiger partial charge is 0.123 e. The Labute approximate surface area is 148 Å². The number of benzene rings is 2. The van der Waals surface area contributed by atoms with Crippen molar-refractivity contribution in [2.24, 2.45) is 0 Å². The standard InChI is InChI=1S/C19H22F2N2.ClH/c1-14-12-23(11-10-22-14)13-19(15-2-6-17(20)7-3-15)16-4-8-18(21)9-5-16;/h2-9,14,19,22H,10-13H2,1H3;1H. The van der Waals surface area contributed by atoms with Crippen LogP contribution in [0.3, 0.4) is 0 Å². The lowest BCUT2D eigenvalue weighted by Gasteiger charge is -2.34. The third-order valence-corrected chi connectivity index (χ3v) is 4.44. The van der Waals surface area contributed by atoms with E-state index in [-0.39, 0.29) is 30.0 Å². The van der Waals surface area contributed by atoms with Gasteiger partial charge in [0.1, 0.15) is 11.6 Å². The summed E-state index contributed by atoms with van der Waals surface area (Å²) in [6.07, 6.45) is 0. The van der Waals surface area contributed by atoms with Gasteiger partial charge >= 0.3 is 0 Å². The molecule has 0 amide bonds. The van der Waals surface area contributed by atoms with Gasteiger partial charge in [0.05, 0.1) is 0 Å². The zero-order valence-corrected chi connectivity index (χ0v) is 14.5. The molecule has 1 aliphatic heterocycles. The molecule has 0 radical (unpaired) electrons. The van der Waals surface area contributed by atoms with E-state index in [1.165, 1.54) is 24.3 Å². The molecule has 1 unspecified atom stereocenters. The van der Waals surface area contributed by atoms with Crippen molar-refractivity contribution in [3.05, 3.63) is 71.3 Å². The van der Waals surface area contributed by atoms with Gasteiger partial charge in [-0.15, -0.1) is 12.4 Å². The molecule has 0 spiro atoms. The van der Waals surface area contributed by atoms with Gasteiger partial charge in [-0.3, -0.25) is 4.90 Å². The van der Waals surface area contributed by atoms with Crippen LogP contribution in [-0.4, -0.2) is 37.1 Å². The van der Waals surface area contributed by atoms with E-state index in [2.05, 4.69) is 17.1 Å². The van der Waals surface area contributed by atoms with Crippen molar-refractivity contribution >= 4 is 12.4 Å². The van der Waals surface area contributed by atoms with Gasteiger partial charge < -0.3 is 5.32 Å². The summed E-state index contributed by atoms with van der Waals surface area (Å²) in [4.78, 5) is 2.42. The monoisotopic (exact) mass is 352 g/mol. The van der Waals surface area contributed by atoms with Crippen molar-refractivity contribution in [1.82, 2.24) is 10.2 Å². The van der Waals surface area contributed by atoms with E-state index in [1.807, 2.05) is 24.3 Å². The lowest BCUT2D eigenvalue weighted by Crippen LogP contribution is -2.50. The van der Waals surface area contributed by atoms with Gasteiger partial charge in [0.25, 0.3) is 0 Å². The molecule has 24 heavy (non-hydrogen) atoms. The normalized spacial score (nSPS) is 18.4. The minimum absolute atomic E-state index is 0. The Balaban J connectivity index is 0.00000208. The highest BCUT2D eigenvalue weighted by atomic mass is 35.5. The van der Waals surface area contributed by atoms with Crippen LogP contribution < -0.4 is 5.32 Å². The Kier molecular flexibility index (Phi) is 6.72. The van der Waals surface area contributed by atoms with Crippen LogP contribution in [0.4, 0.5) is 8.78 Å². The summed E-state index contributed by atoms with van der Waals surface area (Å²) in [6, 6.07) is 13.7. The summed E-state index contributed by atoms with van der Waals surface area (Å²) >= 11 is 0. The molecule has 1 aliphatic rings. The van der Waals surface area contributed by atoms with Crippen LogP contribution in [0.1, 0.15) is 24.0 Å². The van der Waals surface area contributed by atoms with Crippen molar-refractivity contribution in [3.8, 4) is 0 Å². The zero-order valence-electron chi connectivity index (χ0n) is 13.7. The topological polar surface area (TPSA) is 15.3 Å². The highest BCUT2D eigenvalue weighted by molar-refractivity contribution is 5.85. The second-order valence-electron chi connectivity index (χ2n) is 6.27. The Morgan fingerprint density at radius 2 is 1.50 bits per heavy atom. The van der Waals surface area contributed by atoms with Crippen LogP contribution >= 0.6 is 12.4 Å². The average molecular weight is 353 g/mol. The average Bonchev–Trinajstić information content (AvgIpc) is 2.55. The number of hydrogen-bond acceptors (Lipinski definition) is 2. The van der Waals surface area contributed by atoms with Crippen LogP contribution in [0.5, 0.6) is 0 Å². The maximum atomic E-state index is 13.2. The predicted octanol–water partition coefficient (Wildman–Crippen LogP) is 3.81. The van der Waals surface area contributed by atoms with Crippen molar-refractivity contribution in [1.29, 1.82) is 0 Å². The van der Waals surface area contributed by atoms with E-state index in [1.54, 1.807) is 0 Å². The van der Waals surface area contributed by atoms with E-state index in [4.69, 9.17) is 0 Å². The van der Waals surface area contributed by atoms with E-state index in [0.717, 1.165) is 37.3 Å². The van der Waals surface area contributed by atoms with Crippen molar-refractivity contribution in [2.45, 2.75) is 18.9 Å². The van der Waals surface area contributed by atoms with Crippen LogP contribution in [0, 0.1) is 11.6 Å². The second-order valence-corrected chi connectivity index (χ2v) is 6.27. The molecule has 0 aliphatic carbocycles. The Bertz CT molecular complexity index is 585. The Hall–Kier alpha value is -1.49. The maximum absolute atomic E-state index is 13.2. The van der Waals surface area contributed by atoms with Crippen molar-refractivity contribution in [3.63, 3.8) is 0 Å². The summed E-state index contributed by atoms with van der Waals surface area (Å²) in [5.74, 6) is -0.355. The summed E-state index contributed by atoms with van der Waals surface area (Å²) in [5, 5.41) is 3.44. The molecular formula is C19H23ClF2N2. The Morgan fingerprint density at radius 3 is 1.96 bits per heavy atom. The van der Waals surface area contributed by atoms with Crippen molar-refractivity contribution < 1.29 is 8.78 Å². The van der Waals surface area contributed by atoms with Crippen LogP contribution in [0.15, 0.2) is 48.5 Å².